The molecule has 0 radical (unpaired) electrons. The van der Waals surface area contributed by atoms with Crippen molar-refractivity contribution >= 4 is 11.8 Å². The Morgan fingerprint density at radius 1 is 0.468 bits per heavy atom. The molecule has 0 aromatic rings. The molecule has 0 fully saturated rings. The van der Waals surface area contributed by atoms with Crippen LogP contribution in [0.5, 0.6) is 0 Å². The summed E-state index contributed by atoms with van der Waals surface area (Å²) in [5, 5.41) is 6.15. The Morgan fingerprint density at radius 2 is 0.766 bits per heavy atom. The van der Waals surface area contributed by atoms with Gasteiger partial charge >= 0.3 is 0 Å². The second kappa shape index (κ2) is 38.8. The van der Waals surface area contributed by atoms with Gasteiger partial charge in [0.1, 0.15) is 0 Å². The lowest BCUT2D eigenvalue weighted by Crippen LogP contribution is -2.30. The van der Waals surface area contributed by atoms with Crippen molar-refractivity contribution < 1.29 is 9.59 Å². The summed E-state index contributed by atoms with van der Waals surface area (Å²) in [6.07, 6.45) is 45.5. The van der Waals surface area contributed by atoms with E-state index >= 15 is 0 Å². The Kier molecular flexibility index (Phi) is 37.5. The van der Waals surface area contributed by atoms with Crippen molar-refractivity contribution in [3.63, 3.8) is 0 Å². The summed E-state index contributed by atoms with van der Waals surface area (Å²) in [6.45, 7) is 6.48. The molecule has 0 aliphatic heterocycles. The highest BCUT2D eigenvalue weighted by molar-refractivity contribution is 5.76. The fourth-order valence-electron chi connectivity index (χ4n) is 6.10. The van der Waals surface area contributed by atoms with E-state index in [1.807, 2.05) is 0 Å². The predicted molar refractivity (Wildman–Crippen MR) is 207 cm³/mol. The van der Waals surface area contributed by atoms with E-state index in [9.17, 15) is 9.59 Å². The molecule has 0 saturated heterocycles. The first kappa shape index (κ1) is 45.4. The normalized spacial score (nSPS) is 11.7. The molecular formula is C42H81N3O2. The third kappa shape index (κ3) is 37.1. The Bertz CT molecular complexity index is 663. The number of hydrogen-bond acceptors (Lipinski definition) is 3. The van der Waals surface area contributed by atoms with E-state index in [0.29, 0.717) is 38.4 Å². The van der Waals surface area contributed by atoms with E-state index in [1.165, 1.54) is 141 Å². The molecule has 0 aliphatic rings. The Labute approximate surface area is 293 Å². The average molecular weight is 660 g/mol. The minimum Gasteiger partial charge on any atom is -0.356 e. The summed E-state index contributed by atoms with van der Waals surface area (Å²) in [5.74, 6) is 0.647. The first-order valence-corrected chi connectivity index (χ1v) is 20.7. The van der Waals surface area contributed by atoms with E-state index in [4.69, 9.17) is 5.73 Å². The van der Waals surface area contributed by atoms with Gasteiger partial charge in [-0.1, -0.05) is 141 Å². The van der Waals surface area contributed by atoms with E-state index in [1.54, 1.807) is 0 Å². The number of carbonyl (C=O) groups excluding carboxylic acids is 2. The molecule has 0 rings (SSSR count). The van der Waals surface area contributed by atoms with Crippen LogP contribution in [0.1, 0.15) is 206 Å². The Balaban J connectivity index is 3.53. The summed E-state index contributed by atoms with van der Waals surface area (Å²) in [6, 6.07) is 0. The minimum absolute atomic E-state index is 0.159. The quantitative estimate of drug-likeness (QED) is 0.0458. The topological polar surface area (TPSA) is 84.2 Å². The third-order valence-corrected chi connectivity index (χ3v) is 9.41. The zero-order chi connectivity index (χ0) is 34.3. The second-order valence-corrected chi connectivity index (χ2v) is 14.0. The lowest BCUT2D eigenvalue weighted by atomic mass is 10.0. The van der Waals surface area contributed by atoms with E-state index in [2.05, 4.69) is 48.8 Å². The van der Waals surface area contributed by atoms with Gasteiger partial charge in [0.05, 0.1) is 0 Å². The van der Waals surface area contributed by atoms with Gasteiger partial charge in [-0.2, -0.15) is 0 Å². The van der Waals surface area contributed by atoms with Gasteiger partial charge in [-0.05, 0) is 89.5 Å². The van der Waals surface area contributed by atoms with Gasteiger partial charge in [0, 0.05) is 25.9 Å². The van der Waals surface area contributed by atoms with E-state index in [-0.39, 0.29) is 11.8 Å². The van der Waals surface area contributed by atoms with Gasteiger partial charge in [-0.15, -0.1) is 0 Å². The molecule has 0 aliphatic carbocycles. The number of amides is 2. The van der Waals surface area contributed by atoms with Crippen molar-refractivity contribution in [2.75, 3.05) is 19.6 Å². The Hall–Kier alpha value is -1.62. The van der Waals surface area contributed by atoms with Gasteiger partial charge in [-0.3, -0.25) is 9.59 Å². The highest BCUT2D eigenvalue weighted by Gasteiger charge is 2.09. The van der Waals surface area contributed by atoms with Gasteiger partial charge in [-0.25, -0.2) is 0 Å². The molecule has 4 N–H and O–H groups in total. The van der Waals surface area contributed by atoms with Crippen molar-refractivity contribution in [3.05, 3.63) is 24.3 Å². The molecule has 0 unspecified atom stereocenters. The van der Waals surface area contributed by atoms with Crippen LogP contribution in [0.3, 0.4) is 0 Å². The van der Waals surface area contributed by atoms with Crippen LogP contribution in [0.25, 0.3) is 0 Å². The molecule has 0 heterocycles. The highest BCUT2D eigenvalue weighted by Crippen LogP contribution is 2.12. The summed E-state index contributed by atoms with van der Waals surface area (Å²) in [5.41, 5.74) is 5.97. The lowest BCUT2D eigenvalue weighted by Gasteiger charge is -2.15. The Morgan fingerprint density at radius 3 is 1.09 bits per heavy atom. The zero-order valence-corrected chi connectivity index (χ0v) is 31.6. The minimum atomic E-state index is 0.159. The summed E-state index contributed by atoms with van der Waals surface area (Å²) < 4.78 is 0. The maximum absolute atomic E-state index is 12.2. The molecule has 5 heteroatoms. The molecule has 0 saturated carbocycles. The highest BCUT2D eigenvalue weighted by atomic mass is 16.2. The SMILES string of the molecule is CCCCCCCC/C=C\CCCCCCCC(=O)NCCC(CN)CCNC(=O)CCCCCCC/C=C\CCCCCCCC. The fraction of sp³-hybridized carbons (Fsp3) is 0.857. The third-order valence-electron chi connectivity index (χ3n) is 9.41. The molecule has 47 heavy (non-hydrogen) atoms. The van der Waals surface area contributed by atoms with Crippen LogP contribution in [0.4, 0.5) is 0 Å². The monoisotopic (exact) mass is 660 g/mol. The number of nitrogens with one attached hydrogen (secondary N) is 2. The number of allylic oxidation sites excluding steroid dienone is 4. The van der Waals surface area contributed by atoms with Crippen LogP contribution in [-0.4, -0.2) is 31.4 Å². The molecule has 276 valence electrons. The molecule has 0 bridgehead atoms. The molecule has 0 spiro atoms. The average Bonchev–Trinajstić information content (AvgIpc) is 3.07. The number of unbranched alkanes of at least 4 members (excludes halogenated alkanes) is 22. The molecule has 5 nitrogen and oxygen atoms in total. The predicted octanol–water partition coefficient (Wildman–Crippen LogP) is 11.6. The fourth-order valence-corrected chi connectivity index (χ4v) is 6.10. The maximum atomic E-state index is 12.2. The first-order valence-electron chi connectivity index (χ1n) is 20.7. The van der Waals surface area contributed by atoms with Crippen LogP contribution >= 0.6 is 0 Å². The summed E-state index contributed by atoms with van der Waals surface area (Å²) in [7, 11) is 0. The molecular weight excluding hydrogens is 578 g/mol. The van der Waals surface area contributed by atoms with Crippen molar-refractivity contribution in [1.29, 1.82) is 0 Å². The van der Waals surface area contributed by atoms with Crippen molar-refractivity contribution in [2.24, 2.45) is 11.7 Å². The molecule has 2 amide bonds. The molecule has 0 aromatic heterocycles. The lowest BCUT2D eigenvalue weighted by molar-refractivity contribution is -0.121. The van der Waals surface area contributed by atoms with Crippen molar-refractivity contribution in [2.45, 2.75) is 206 Å². The number of nitrogens with two attached hydrogens (primary N) is 1. The largest absolute Gasteiger partial charge is 0.356 e. The van der Waals surface area contributed by atoms with Gasteiger partial charge in [0.15, 0.2) is 0 Å². The standard InChI is InChI=1S/C42H81N3O2/c1-3-5-7-9-11-13-15-17-19-21-23-25-27-29-31-33-41(46)44-37-35-40(39-43)36-38-45-42(47)34-32-30-28-26-24-22-20-18-16-14-12-10-8-6-4-2/h17-20,40H,3-16,21-39,43H2,1-2H3,(H,44,46)(H,45,47)/b19-17-,20-18-. The van der Waals surface area contributed by atoms with Crippen LogP contribution in [0.2, 0.25) is 0 Å². The van der Waals surface area contributed by atoms with E-state index < -0.39 is 0 Å². The van der Waals surface area contributed by atoms with E-state index in [0.717, 1.165) is 38.5 Å². The van der Waals surface area contributed by atoms with Crippen LogP contribution in [-0.2, 0) is 9.59 Å². The first-order chi connectivity index (χ1) is 23.1. The second-order valence-electron chi connectivity index (χ2n) is 14.0. The van der Waals surface area contributed by atoms with Crippen molar-refractivity contribution in [1.82, 2.24) is 10.6 Å². The van der Waals surface area contributed by atoms with Crippen molar-refractivity contribution in [3.8, 4) is 0 Å². The molecule has 0 atom stereocenters. The van der Waals surface area contributed by atoms with Gasteiger partial charge in [0.2, 0.25) is 11.8 Å². The van der Waals surface area contributed by atoms with Crippen LogP contribution < -0.4 is 16.4 Å². The zero-order valence-electron chi connectivity index (χ0n) is 31.6. The number of hydrogen-bond donors (Lipinski definition) is 3. The number of rotatable bonds is 37. The van der Waals surface area contributed by atoms with Crippen LogP contribution in [0.15, 0.2) is 24.3 Å². The van der Waals surface area contributed by atoms with Gasteiger partial charge in [0.25, 0.3) is 0 Å². The summed E-state index contributed by atoms with van der Waals surface area (Å²) in [4.78, 5) is 24.4. The summed E-state index contributed by atoms with van der Waals surface area (Å²) >= 11 is 0. The molecule has 0 aromatic carbocycles. The smallest absolute Gasteiger partial charge is 0.219 e. The maximum Gasteiger partial charge on any atom is 0.219 e. The van der Waals surface area contributed by atoms with Gasteiger partial charge < -0.3 is 16.4 Å². The number of carbonyl (C=O) groups is 2. The van der Waals surface area contributed by atoms with Crippen LogP contribution in [0, 0.1) is 5.92 Å².